The van der Waals surface area contributed by atoms with Gasteiger partial charge in [0.15, 0.2) is 9.84 Å². The molecule has 0 aliphatic carbocycles. The Labute approximate surface area is 141 Å². The molecule has 0 saturated carbocycles. The molecule has 1 fully saturated rings. The molecule has 0 spiro atoms. The zero-order valence-corrected chi connectivity index (χ0v) is 14.4. The van der Waals surface area contributed by atoms with Crippen molar-refractivity contribution in [2.24, 2.45) is 0 Å². The van der Waals surface area contributed by atoms with Crippen molar-refractivity contribution in [3.63, 3.8) is 0 Å². The van der Waals surface area contributed by atoms with Gasteiger partial charge in [0.2, 0.25) is 11.8 Å². The highest BCUT2D eigenvalue weighted by Gasteiger charge is 2.29. The molecule has 0 radical (unpaired) electrons. The number of methoxy groups -OCH3 is 1. The SMILES string of the molecule is COc1cccc(CCNC(=O)CC(=O)NC2CCS(=O)(=O)C2)c1. The van der Waals surface area contributed by atoms with Gasteiger partial charge < -0.3 is 15.4 Å². The summed E-state index contributed by atoms with van der Waals surface area (Å²) in [6.45, 7) is 0.414. The Morgan fingerprint density at radius 3 is 2.75 bits per heavy atom. The van der Waals surface area contributed by atoms with Crippen molar-refractivity contribution in [2.75, 3.05) is 25.2 Å². The lowest BCUT2D eigenvalue weighted by Crippen LogP contribution is -2.39. The van der Waals surface area contributed by atoms with Crippen molar-refractivity contribution in [3.05, 3.63) is 29.8 Å². The van der Waals surface area contributed by atoms with Gasteiger partial charge in [0.1, 0.15) is 12.2 Å². The van der Waals surface area contributed by atoms with E-state index in [1.807, 2.05) is 24.3 Å². The fourth-order valence-corrected chi connectivity index (χ4v) is 4.24. The number of nitrogens with one attached hydrogen (secondary N) is 2. The van der Waals surface area contributed by atoms with Gasteiger partial charge in [-0.05, 0) is 30.5 Å². The number of benzene rings is 1. The normalized spacial score (nSPS) is 18.8. The number of carbonyl (C=O) groups excluding carboxylic acids is 2. The molecular formula is C16H22N2O5S. The van der Waals surface area contributed by atoms with E-state index in [0.29, 0.717) is 19.4 Å². The molecule has 2 N–H and O–H groups in total. The number of hydrogen-bond acceptors (Lipinski definition) is 5. The molecule has 2 rings (SSSR count). The fourth-order valence-electron chi connectivity index (χ4n) is 2.57. The third-order valence-corrected chi connectivity index (χ3v) is 5.56. The Hall–Kier alpha value is -2.09. The van der Waals surface area contributed by atoms with Crippen molar-refractivity contribution in [2.45, 2.75) is 25.3 Å². The zero-order chi connectivity index (χ0) is 17.6. The standard InChI is InChI=1S/C16H22N2O5S/c1-23-14-4-2-3-12(9-14)5-7-17-15(19)10-16(20)18-13-6-8-24(21,22)11-13/h2-4,9,13H,5-8,10-11H2,1H3,(H,17,19)(H,18,20). The summed E-state index contributed by atoms with van der Waals surface area (Å²) in [6.07, 6.45) is 0.742. The molecule has 1 atom stereocenters. The van der Waals surface area contributed by atoms with Gasteiger partial charge in [-0.1, -0.05) is 12.1 Å². The van der Waals surface area contributed by atoms with Gasteiger partial charge in [-0.2, -0.15) is 0 Å². The molecule has 2 amide bonds. The number of ether oxygens (including phenoxy) is 1. The van der Waals surface area contributed by atoms with Crippen molar-refractivity contribution < 1.29 is 22.7 Å². The van der Waals surface area contributed by atoms with E-state index < -0.39 is 15.7 Å². The Kier molecular flexibility index (Phi) is 6.19. The first-order valence-corrected chi connectivity index (χ1v) is 9.59. The van der Waals surface area contributed by atoms with Crippen LogP contribution in [-0.4, -0.2) is 51.4 Å². The van der Waals surface area contributed by atoms with E-state index in [9.17, 15) is 18.0 Å². The highest BCUT2D eigenvalue weighted by atomic mass is 32.2. The Morgan fingerprint density at radius 1 is 1.29 bits per heavy atom. The second-order valence-electron chi connectivity index (χ2n) is 5.80. The lowest BCUT2D eigenvalue weighted by Gasteiger charge is -2.11. The zero-order valence-electron chi connectivity index (χ0n) is 13.6. The maximum Gasteiger partial charge on any atom is 0.229 e. The summed E-state index contributed by atoms with van der Waals surface area (Å²) in [5, 5.41) is 5.27. The van der Waals surface area contributed by atoms with Crippen LogP contribution in [0, 0.1) is 0 Å². The van der Waals surface area contributed by atoms with Crippen LogP contribution in [0.1, 0.15) is 18.4 Å². The minimum Gasteiger partial charge on any atom is -0.497 e. The van der Waals surface area contributed by atoms with Gasteiger partial charge in [0.05, 0.1) is 18.6 Å². The van der Waals surface area contributed by atoms with E-state index in [4.69, 9.17) is 4.74 Å². The predicted octanol–water partition coefficient (Wildman–Crippen LogP) is 0.0473. The summed E-state index contributed by atoms with van der Waals surface area (Å²) < 4.78 is 27.8. The first-order chi connectivity index (χ1) is 11.4. The fraction of sp³-hybridized carbons (Fsp3) is 0.500. The van der Waals surface area contributed by atoms with Crippen molar-refractivity contribution in [3.8, 4) is 5.75 Å². The van der Waals surface area contributed by atoms with Crippen LogP contribution >= 0.6 is 0 Å². The lowest BCUT2D eigenvalue weighted by atomic mass is 10.1. The highest BCUT2D eigenvalue weighted by molar-refractivity contribution is 7.91. The molecule has 7 nitrogen and oxygen atoms in total. The predicted molar refractivity (Wildman–Crippen MR) is 89.5 cm³/mol. The first kappa shape index (κ1) is 18.3. The summed E-state index contributed by atoms with van der Waals surface area (Å²) in [7, 11) is -1.45. The van der Waals surface area contributed by atoms with E-state index in [-0.39, 0.29) is 29.9 Å². The molecule has 132 valence electrons. The summed E-state index contributed by atoms with van der Waals surface area (Å²) >= 11 is 0. The molecule has 1 saturated heterocycles. The van der Waals surface area contributed by atoms with Gasteiger partial charge in [-0.15, -0.1) is 0 Å². The molecule has 1 aromatic carbocycles. The summed E-state index contributed by atoms with van der Waals surface area (Å²) in [5.41, 5.74) is 1.02. The van der Waals surface area contributed by atoms with Crippen molar-refractivity contribution >= 4 is 21.7 Å². The van der Waals surface area contributed by atoms with E-state index in [1.54, 1.807) is 7.11 Å². The smallest absolute Gasteiger partial charge is 0.229 e. The van der Waals surface area contributed by atoms with Crippen molar-refractivity contribution in [1.82, 2.24) is 10.6 Å². The molecule has 1 aliphatic heterocycles. The van der Waals surface area contributed by atoms with Crippen LogP contribution < -0.4 is 15.4 Å². The van der Waals surface area contributed by atoms with Crippen LogP contribution in [-0.2, 0) is 25.8 Å². The first-order valence-electron chi connectivity index (χ1n) is 7.77. The number of hydrogen-bond donors (Lipinski definition) is 2. The third-order valence-electron chi connectivity index (χ3n) is 3.79. The summed E-state index contributed by atoms with van der Waals surface area (Å²) in [5.74, 6) is -0.0297. The van der Waals surface area contributed by atoms with Gasteiger partial charge in [0, 0.05) is 12.6 Å². The minimum atomic E-state index is -3.05. The lowest BCUT2D eigenvalue weighted by molar-refractivity contribution is -0.129. The van der Waals surface area contributed by atoms with Crippen LogP contribution in [0.3, 0.4) is 0 Å². The van der Waals surface area contributed by atoms with Crippen LogP contribution in [0.4, 0.5) is 0 Å². The second-order valence-corrected chi connectivity index (χ2v) is 8.02. The Bertz CT molecular complexity index is 702. The number of carbonyl (C=O) groups is 2. The van der Waals surface area contributed by atoms with Crippen LogP contribution in [0.2, 0.25) is 0 Å². The summed E-state index contributed by atoms with van der Waals surface area (Å²) in [4.78, 5) is 23.5. The molecule has 0 aromatic heterocycles. The van der Waals surface area contributed by atoms with Crippen molar-refractivity contribution in [1.29, 1.82) is 0 Å². The van der Waals surface area contributed by atoms with Gasteiger partial charge in [-0.25, -0.2) is 8.42 Å². The van der Waals surface area contributed by atoms with Crippen LogP contribution in [0.5, 0.6) is 5.75 Å². The maximum atomic E-state index is 11.8. The quantitative estimate of drug-likeness (QED) is 0.674. The topological polar surface area (TPSA) is 102 Å². The van der Waals surface area contributed by atoms with E-state index in [1.165, 1.54) is 0 Å². The molecule has 24 heavy (non-hydrogen) atoms. The molecule has 8 heteroatoms. The molecule has 1 unspecified atom stereocenters. The molecular weight excluding hydrogens is 332 g/mol. The Morgan fingerprint density at radius 2 is 2.08 bits per heavy atom. The van der Waals surface area contributed by atoms with Gasteiger partial charge >= 0.3 is 0 Å². The third kappa shape index (κ3) is 5.84. The Balaban J connectivity index is 1.68. The number of rotatable bonds is 7. The molecule has 0 bridgehead atoms. The average Bonchev–Trinajstić information content (AvgIpc) is 2.86. The van der Waals surface area contributed by atoms with E-state index in [0.717, 1.165) is 11.3 Å². The number of amides is 2. The largest absolute Gasteiger partial charge is 0.497 e. The number of sulfone groups is 1. The van der Waals surface area contributed by atoms with Crippen LogP contribution in [0.15, 0.2) is 24.3 Å². The molecule has 1 aliphatic rings. The molecule has 1 aromatic rings. The van der Waals surface area contributed by atoms with Gasteiger partial charge in [0.25, 0.3) is 0 Å². The van der Waals surface area contributed by atoms with Crippen LogP contribution in [0.25, 0.3) is 0 Å². The monoisotopic (exact) mass is 354 g/mol. The molecule has 1 heterocycles. The van der Waals surface area contributed by atoms with E-state index >= 15 is 0 Å². The highest BCUT2D eigenvalue weighted by Crippen LogP contribution is 2.13. The minimum absolute atomic E-state index is 0.0454. The van der Waals surface area contributed by atoms with Gasteiger partial charge in [-0.3, -0.25) is 9.59 Å². The average molecular weight is 354 g/mol. The maximum absolute atomic E-state index is 11.8. The second kappa shape index (κ2) is 8.14. The summed E-state index contributed by atoms with van der Waals surface area (Å²) in [6, 6.07) is 7.16. The van der Waals surface area contributed by atoms with E-state index in [2.05, 4.69) is 10.6 Å².